The molecule has 1 aliphatic rings. The van der Waals surface area contributed by atoms with Crippen molar-refractivity contribution >= 4 is 5.91 Å². The summed E-state index contributed by atoms with van der Waals surface area (Å²) in [6.07, 6.45) is 6.36. The first kappa shape index (κ1) is 14.5. The highest BCUT2D eigenvalue weighted by Gasteiger charge is 2.40. The summed E-state index contributed by atoms with van der Waals surface area (Å²) in [5.74, 6) is 0.282. The summed E-state index contributed by atoms with van der Waals surface area (Å²) in [5, 5.41) is 6.60. The highest BCUT2D eigenvalue weighted by molar-refractivity contribution is 5.83. The van der Waals surface area contributed by atoms with Crippen LogP contribution in [0.5, 0.6) is 0 Å². The topological polar surface area (TPSA) is 41.1 Å². The molecule has 0 aromatic rings. The molecule has 1 saturated heterocycles. The van der Waals surface area contributed by atoms with E-state index in [9.17, 15) is 4.79 Å². The SMILES string of the molecule is CCCC(CC)NC(=O)C1(CCC)CCNC1. The lowest BCUT2D eigenvalue weighted by Crippen LogP contribution is -2.46. The van der Waals surface area contributed by atoms with E-state index in [1.165, 1.54) is 0 Å². The Morgan fingerprint density at radius 1 is 1.35 bits per heavy atom. The summed E-state index contributed by atoms with van der Waals surface area (Å²) in [6.45, 7) is 8.33. The molecule has 0 aromatic carbocycles. The first-order valence-corrected chi connectivity index (χ1v) is 7.20. The van der Waals surface area contributed by atoms with E-state index >= 15 is 0 Å². The van der Waals surface area contributed by atoms with E-state index in [0.29, 0.717) is 6.04 Å². The second-order valence-corrected chi connectivity index (χ2v) is 5.32. The van der Waals surface area contributed by atoms with Crippen molar-refractivity contribution in [2.75, 3.05) is 13.1 Å². The molecule has 100 valence electrons. The Kier molecular flexibility index (Phi) is 5.96. The maximum Gasteiger partial charge on any atom is 0.227 e. The molecule has 1 aliphatic heterocycles. The first-order valence-electron chi connectivity index (χ1n) is 7.20. The molecule has 3 heteroatoms. The number of hydrogen-bond donors (Lipinski definition) is 2. The Labute approximate surface area is 106 Å². The van der Waals surface area contributed by atoms with Crippen molar-refractivity contribution in [3.05, 3.63) is 0 Å². The van der Waals surface area contributed by atoms with Crippen molar-refractivity contribution in [2.24, 2.45) is 5.41 Å². The van der Waals surface area contributed by atoms with Gasteiger partial charge in [0.15, 0.2) is 0 Å². The molecule has 0 bridgehead atoms. The average Bonchev–Trinajstić information content (AvgIpc) is 2.78. The number of carbonyl (C=O) groups is 1. The van der Waals surface area contributed by atoms with Gasteiger partial charge >= 0.3 is 0 Å². The molecule has 0 aliphatic carbocycles. The quantitative estimate of drug-likeness (QED) is 0.718. The van der Waals surface area contributed by atoms with E-state index in [1.807, 2.05) is 0 Å². The molecule has 3 nitrogen and oxygen atoms in total. The fourth-order valence-corrected chi connectivity index (χ4v) is 2.81. The molecule has 0 saturated carbocycles. The van der Waals surface area contributed by atoms with Crippen LogP contribution in [0.2, 0.25) is 0 Å². The molecule has 0 spiro atoms. The van der Waals surface area contributed by atoms with Crippen LogP contribution in [0, 0.1) is 5.41 Å². The van der Waals surface area contributed by atoms with Gasteiger partial charge in [0, 0.05) is 12.6 Å². The molecule has 1 rings (SSSR count). The van der Waals surface area contributed by atoms with E-state index in [0.717, 1.165) is 51.6 Å². The maximum absolute atomic E-state index is 12.5. The van der Waals surface area contributed by atoms with E-state index in [4.69, 9.17) is 0 Å². The van der Waals surface area contributed by atoms with E-state index in [-0.39, 0.29) is 11.3 Å². The number of nitrogens with one attached hydrogen (secondary N) is 2. The molecule has 2 atom stereocenters. The summed E-state index contributed by atoms with van der Waals surface area (Å²) in [7, 11) is 0. The second-order valence-electron chi connectivity index (χ2n) is 5.32. The van der Waals surface area contributed by atoms with Crippen LogP contribution in [-0.4, -0.2) is 25.0 Å². The summed E-state index contributed by atoms with van der Waals surface area (Å²) >= 11 is 0. The molecule has 1 amide bonds. The van der Waals surface area contributed by atoms with Crippen LogP contribution >= 0.6 is 0 Å². The van der Waals surface area contributed by atoms with Crippen molar-refractivity contribution in [2.45, 2.75) is 65.3 Å². The normalized spacial score (nSPS) is 25.8. The number of amides is 1. The zero-order valence-electron chi connectivity index (χ0n) is 11.6. The number of rotatable bonds is 7. The fraction of sp³-hybridized carbons (Fsp3) is 0.929. The van der Waals surface area contributed by atoms with E-state index < -0.39 is 0 Å². The van der Waals surface area contributed by atoms with Gasteiger partial charge in [0.05, 0.1) is 5.41 Å². The molecular formula is C14H28N2O. The van der Waals surface area contributed by atoms with Crippen LogP contribution < -0.4 is 10.6 Å². The molecule has 0 aromatic heterocycles. The van der Waals surface area contributed by atoms with E-state index in [1.54, 1.807) is 0 Å². The van der Waals surface area contributed by atoms with Crippen LogP contribution in [0.3, 0.4) is 0 Å². The van der Waals surface area contributed by atoms with Crippen molar-refractivity contribution in [1.82, 2.24) is 10.6 Å². The number of hydrogen-bond acceptors (Lipinski definition) is 2. The Hall–Kier alpha value is -0.570. The lowest BCUT2D eigenvalue weighted by atomic mass is 9.81. The lowest BCUT2D eigenvalue weighted by Gasteiger charge is -2.29. The van der Waals surface area contributed by atoms with Crippen molar-refractivity contribution < 1.29 is 4.79 Å². The van der Waals surface area contributed by atoms with Gasteiger partial charge in [-0.15, -0.1) is 0 Å². The minimum Gasteiger partial charge on any atom is -0.353 e. The summed E-state index contributed by atoms with van der Waals surface area (Å²) < 4.78 is 0. The average molecular weight is 240 g/mol. The van der Waals surface area contributed by atoms with Gasteiger partial charge < -0.3 is 10.6 Å². The van der Waals surface area contributed by atoms with Gasteiger partial charge in [0.1, 0.15) is 0 Å². The van der Waals surface area contributed by atoms with Crippen LogP contribution in [0.4, 0.5) is 0 Å². The van der Waals surface area contributed by atoms with Crippen LogP contribution in [0.15, 0.2) is 0 Å². The predicted octanol–water partition coefficient (Wildman–Crippen LogP) is 2.46. The highest BCUT2D eigenvalue weighted by atomic mass is 16.2. The molecule has 1 heterocycles. The third-order valence-corrected chi connectivity index (χ3v) is 3.92. The third-order valence-electron chi connectivity index (χ3n) is 3.92. The van der Waals surface area contributed by atoms with Crippen LogP contribution in [0.25, 0.3) is 0 Å². The van der Waals surface area contributed by atoms with Gasteiger partial charge in [-0.1, -0.05) is 33.6 Å². The van der Waals surface area contributed by atoms with Crippen molar-refractivity contribution in [3.63, 3.8) is 0 Å². The molecule has 2 N–H and O–H groups in total. The monoisotopic (exact) mass is 240 g/mol. The third kappa shape index (κ3) is 3.70. The standard InChI is InChI=1S/C14H28N2O/c1-4-7-12(6-3)16-13(17)14(8-5-2)9-10-15-11-14/h12,15H,4-11H2,1-3H3,(H,16,17). The Morgan fingerprint density at radius 2 is 2.12 bits per heavy atom. The van der Waals surface area contributed by atoms with Gasteiger partial charge in [-0.3, -0.25) is 4.79 Å². The minimum absolute atomic E-state index is 0.129. The van der Waals surface area contributed by atoms with Crippen LogP contribution in [-0.2, 0) is 4.79 Å². The zero-order chi connectivity index (χ0) is 12.7. The smallest absolute Gasteiger partial charge is 0.227 e. The molecule has 0 radical (unpaired) electrons. The summed E-state index contributed by atoms with van der Waals surface area (Å²) in [4.78, 5) is 12.5. The minimum atomic E-state index is -0.129. The van der Waals surface area contributed by atoms with Crippen LogP contribution in [0.1, 0.15) is 59.3 Å². The van der Waals surface area contributed by atoms with Gasteiger partial charge in [0.25, 0.3) is 0 Å². The predicted molar refractivity (Wildman–Crippen MR) is 72.0 cm³/mol. The molecular weight excluding hydrogens is 212 g/mol. The Morgan fingerprint density at radius 3 is 2.59 bits per heavy atom. The molecule has 17 heavy (non-hydrogen) atoms. The van der Waals surface area contributed by atoms with Gasteiger partial charge in [-0.05, 0) is 32.2 Å². The first-order chi connectivity index (χ1) is 8.18. The van der Waals surface area contributed by atoms with Crippen molar-refractivity contribution in [1.29, 1.82) is 0 Å². The van der Waals surface area contributed by atoms with Gasteiger partial charge in [0.2, 0.25) is 5.91 Å². The summed E-state index contributed by atoms with van der Waals surface area (Å²) in [6, 6.07) is 0.363. The second kappa shape index (κ2) is 7.00. The number of carbonyl (C=O) groups excluding carboxylic acids is 1. The Bertz CT molecular complexity index is 234. The zero-order valence-corrected chi connectivity index (χ0v) is 11.6. The molecule has 1 fully saturated rings. The van der Waals surface area contributed by atoms with Crippen molar-refractivity contribution in [3.8, 4) is 0 Å². The van der Waals surface area contributed by atoms with E-state index in [2.05, 4.69) is 31.4 Å². The fourth-order valence-electron chi connectivity index (χ4n) is 2.81. The largest absolute Gasteiger partial charge is 0.353 e. The van der Waals surface area contributed by atoms with Gasteiger partial charge in [-0.25, -0.2) is 0 Å². The highest BCUT2D eigenvalue weighted by Crippen LogP contribution is 2.31. The maximum atomic E-state index is 12.5. The molecule has 2 unspecified atom stereocenters. The summed E-state index contributed by atoms with van der Waals surface area (Å²) in [5.41, 5.74) is -0.129. The van der Waals surface area contributed by atoms with Gasteiger partial charge in [-0.2, -0.15) is 0 Å². The Balaban J connectivity index is 2.58. The lowest BCUT2D eigenvalue weighted by molar-refractivity contribution is -0.131.